The second-order valence-corrected chi connectivity index (χ2v) is 6.09. The number of methoxy groups -OCH3 is 1. The summed E-state index contributed by atoms with van der Waals surface area (Å²) >= 11 is 0. The van der Waals surface area contributed by atoms with E-state index in [1.165, 1.54) is 0 Å². The Labute approximate surface area is 147 Å². The molecule has 132 valence electrons. The van der Waals surface area contributed by atoms with Gasteiger partial charge in [-0.15, -0.1) is 0 Å². The summed E-state index contributed by atoms with van der Waals surface area (Å²) in [7, 11) is 1.64. The number of aromatic amines is 1. The second kappa shape index (κ2) is 7.53. The van der Waals surface area contributed by atoms with Gasteiger partial charge in [0.25, 0.3) is 5.91 Å². The molecule has 1 amide bonds. The molecular weight excluding hydrogens is 316 g/mol. The van der Waals surface area contributed by atoms with E-state index in [1.807, 2.05) is 55.2 Å². The van der Waals surface area contributed by atoms with Gasteiger partial charge in [-0.3, -0.25) is 9.48 Å². The number of benzene rings is 1. The molecule has 0 aliphatic heterocycles. The number of para-hydroxylation sites is 1. The number of rotatable bonds is 7. The number of H-pyrrole nitrogens is 1. The van der Waals surface area contributed by atoms with Gasteiger partial charge in [0.2, 0.25) is 0 Å². The first-order valence-corrected chi connectivity index (χ1v) is 8.51. The van der Waals surface area contributed by atoms with E-state index in [4.69, 9.17) is 4.74 Å². The van der Waals surface area contributed by atoms with Crippen LogP contribution in [0.3, 0.4) is 0 Å². The summed E-state index contributed by atoms with van der Waals surface area (Å²) < 4.78 is 7.05. The number of fused-ring (bicyclic) bond motifs is 1. The number of ether oxygens (including phenoxy) is 1. The predicted molar refractivity (Wildman–Crippen MR) is 97.6 cm³/mol. The van der Waals surface area contributed by atoms with Gasteiger partial charge < -0.3 is 14.6 Å². The second-order valence-electron chi connectivity index (χ2n) is 6.09. The van der Waals surface area contributed by atoms with Crippen LogP contribution < -0.4 is 0 Å². The van der Waals surface area contributed by atoms with Crippen molar-refractivity contribution in [3.63, 3.8) is 0 Å². The van der Waals surface area contributed by atoms with Crippen molar-refractivity contribution in [2.45, 2.75) is 26.9 Å². The zero-order valence-electron chi connectivity index (χ0n) is 15.0. The highest BCUT2D eigenvalue weighted by Crippen LogP contribution is 2.23. The van der Waals surface area contributed by atoms with Crippen molar-refractivity contribution in [2.75, 3.05) is 20.3 Å². The maximum Gasteiger partial charge on any atom is 0.270 e. The van der Waals surface area contributed by atoms with Crippen molar-refractivity contribution < 1.29 is 9.53 Å². The Hall–Kier alpha value is -2.60. The minimum Gasteiger partial charge on any atom is -0.383 e. The van der Waals surface area contributed by atoms with Crippen LogP contribution >= 0.6 is 0 Å². The van der Waals surface area contributed by atoms with Crippen molar-refractivity contribution in [3.8, 4) is 0 Å². The standard InChI is InChI=1S/C19H24N4O2/c1-4-23-13-15(11-20-23)12-22(9-10-25-3)19(24)18-14(2)16-7-5-6-8-17(16)21-18/h5-8,11,13,21H,4,9-10,12H2,1-3H3. The highest BCUT2D eigenvalue weighted by Gasteiger charge is 2.21. The van der Waals surface area contributed by atoms with Crippen molar-refractivity contribution >= 4 is 16.8 Å². The zero-order valence-corrected chi connectivity index (χ0v) is 15.0. The highest BCUT2D eigenvalue weighted by atomic mass is 16.5. The van der Waals surface area contributed by atoms with Gasteiger partial charge in [-0.25, -0.2) is 0 Å². The fourth-order valence-electron chi connectivity index (χ4n) is 2.99. The summed E-state index contributed by atoms with van der Waals surface area (Å²) in [4.78, 5) is 18.2. The molecule has 0 unspecified atom stereocenters. The molecule has 3 rings (SSSR count). The molecule has 1 N–H and O–H groups in total. The Morgan fingerprint density at radius 2 is 2.16 bits per heavy atom. The molecule has 6 nitrogen and oxygen atoms in total. The predicted octanol–water partition coefficient (Wildman–Crippen LogP) is 2.98. The lowest BCUT2D eigenvalue weighted by Crippen LogP contribution is -2.34. The minimum absolute atomic E-state index is 0.0185. The van der Waals surface area contributed by atoms with Crippen molar-refractivity contribution in [2.24, 2.45) is 0 Å². The van der Waals surface area contributed by atoms with Gasteiger partial charge in [-0.1, -0.05) is 18.2 Å². The topological polar surface area (TPSA) is 63.1 Å². The molecule has 3 aromatic rings. The van der Waals surface area contributed by atoms with Crippen molar-refractivity contribution in [1.82, 2.24) is 19.7 Å². The summed E-state index contributed by atoms with van der Waals surface area (Å²) in [5.74, 6) is -0.0185. The molecule has 1 aromatic carbocycles. The summed E-state index contributed by atoms with van der Waals surface area (Å²) in [6.45, 7) is 6.37. The number of hydrogen-bond acceptors (Lipinski definition) is 3. The first-order chi connectivity index (χ1) is 12.1. The molecule has 2 heterocycles. The van der Waals surface area contributed by atoms with Crippen molar-refractivity contribution in [3.05, 3.63) is 53.5 Å². The van der Waals surface area contributed by atoms with E-state index >= 15 is 0 Å². The monoisotopic (exact) mass is 340 g/mol. The quantitative estimate of drug-likeness (QED) is 0.719. The zero-order chi connectivity index (χ0) is 17.8. The molecule has 2 aromatic heterocycles. The normalized spacial score (nSPS) is 11.2. The third-order valence-corrected chi connectivity index (χ3v) is 4.42. The van der Waals surface area contributed by atoms with E-state index in [9.17, 15) is 4.79 Å². The van der Waals surface area contributed by atoms with E-state index in [2.05, 4.69) is 10.1 Å². The lowest BCUT2D eigenvalue weighted by molar-refractivity contribution is 0.0675. The SMILES string of the molecule is CCn1cc(CN(CCOC)C(=O)c2[nH]c3ccccc3c2C)cn1. The Morgan fingerprint density at radius 1 is 1.36 bits per heavy atom. The Kier molecular flexibility index (Phi) is 5.19. The number of nitrogens with one attached hydrogen (secondary N) is 1. The van der Waals surface area contributed by atoms with Crippen LogP contribution in [0.4, 0.5) is 0 Å². The van der Waals surface area contributed by atoms with Crippen LogP contribution in [0.15, 0.2) is 36.7 Å². The number of amides is 1. The van der Waals surface area contributed by atoms with Crippen LogP contribution in [0.5, 0.6) is 0 Å². The third kappa shape index (κ3) is 3.58. The molecule has 0 fully saturated rings. The van der Waals surface area contributed by atoms with Crippen LogP contribution in [0, 0.1) is 6.92 Å². The maximum atomic E-state index is 13.1. The van der Waals surface area contributed by atoms with Crippen LogP contribution in [0.25, 0.3) is 10.9 Å². The fraction of sp³-hybridized carbons (Fsp3) is 0.368. The lowest BCUT2D eigenvalue weighted by atomic mass is 10.1. The molecular formula is C19H24N4O2. The van der Waals surface area contributed by atoms with Gasteiger partial charge in [0.1, 0.15) is 5.69 Å². The van der Waals surface area contributed by atoms with Gasteiger partial charge in [-0.2, -0.15) is 5.10 Å². The molecule has 0 atom stereocenters. The van der Waals surface area contributed by atoms with E-state index in [0.717, 1.165) is 28.6 Å². The van der Waals surface area contributed by atoms with Gasteiger partial charge in [0, 0.05) is 49.4 Å². The average Bonchev–Trinajstić information content (AvgIpc) is 3.23. The molecule has 0 radical (unpaired) electrons. The Morgan fingerprint density at radius 3 is 2.84 bits per heavy atom. The Bertz CT molecular complexity index is 865. The van der Waals surface area contributed by atoms with E-state index in [-0.39, 0.29) is 5.91 Å². The van der Waals surface area contributed by atoms with Gasteiger partial charge >= 0.3 is 0 Å². The minimum atomic E-state index is -0.0185. The summed E-state index contributed by atoms with van der Waals surface area (Å²) in [6.07, 6.45) is 3.79. The smallest absolute Gasteiger partial charge is 0.270 e. The first kappa shape index (κ1) is 17.2. The number of hydrogen-bond donors (Lipinski definition) is 1. The molecule has 6 heteroatoms. The fourth-order valence-corrected chi connectivity index (χ4v) is 2.99. The van der Waals surface area contributed by atoms with E-state index < -0.39 is 0 Å². The number of carbonyl (C=O) groups is 1. The number of carbonyl (C=O) groups excluding carboxylic acids is 1. The lowest BCUT2D eigenvalue weighted by Gasteiger charge is -2.21. The average molecular weight is 340 g/mol. The molecule has 25 heavy (non-hydrogen) atoms. The van der Waals surface area contributed by atoms with Gasteiger partial charge in [0.15, 0.2) is 0 Å². The van der Waals surface area contributed by atoms with Crippen LogP contribution in [-0.2, 0) is 17.8 Å². The summed E-state index contributed by atoms with van der Waals surface area (Å²) in [5.41, 5.74) is 3.61. The summed E-state index contributed by atoms with van der Waals surface area (Å²) in [6, 6.07) is 7.97. The maximum absolute atomic E-state index is 13.1. The number of aromatic nitrogens is 3. The Balaban J connectivity index is 1.88. The number of aryl methyl sites for hydroxylation is 2. The molecule has 0 bridgehead atoms. The highest BCUT2D eigenvalue weighted by molar-refractivity contribution is 6.00. The third-order valence-electron chi connectivity index (χ3n) is 4.42. The van der Waals surface area contributed by atoms with E-state index in [0.29, 0.717) is 25.4 Å². The molecule has 0 saturated carbocycles. The van der Waals surface area contributed by atoms with Crippen LogP contribution in [0.2, 0.25) is 0 Å². The van der Waals surface area contributed by atoms with Crippen molar-refractivity contribution in [1.29, 1.82) is 0 Å². The molecule has 0 aliphatic carbocycles. The largest absolute Gasteiger partial charge is 0.383 e. The van der Waals surface area contributed by atoms with Crippen LogP contribution in [-0.4, -0.2) is 45.8 Å². The molecule has 0 aliphatic rings. The summed E-state index contributed by atoms with van der Waals surface area (Å²) in [5, 5.41) is 5.37. The molecule has 0 saturated heterocycles. The number of nitrogens with zero attached hydrogens (tertiary/aromatic N) is 3. The van der Waals surface area contributed by atoms with E-state index in [1.54, 1.807) is 12.0 Å². The molecule has 0 spiro atoms. The first-order valence-electron chi connectivity index (χ1n) is 8.51. The van der Waals surface area contributed by atoms with Crippen LogP contribution in [0.1, 0.15) is 28.5 Å². The van der Waals surface area contributed by atoms with Gasteiger partial charge in [0.05, 0.1) is 12.8 Å². The van der Waals surface area contributed by atoms with Gasteiger partial charge in [-0.05, 0) is 25.5 Å².